The molecule has 1 amide bonds. The fourth-order valence-corrected chi connectivity index (χ4v) is 2.66. The van der Waals surface area contributed by atoms with Gasteiger partial charge in [-0.25, -0.2) is 4.98 Å². The number of carbonyl (C=O) groups is 2. The molecule has 2 aromatic carbocycles. The number of hydrogen-bond donors (Lipinski definition) is 2. The normalized spacial score (nSPS) is 10.3. The number of hydrogen-bond acceptors (Lipinski definition) is 6. The molecule has 0 spiro atoms. The Labute approximate surface area is 169 Å². The predicted octanol–water partition coefficient (Wildman–Crippen LogP) is 4.05. The zero-order valence-corrected chi connectivity index (χ0v) is 16.9. The van der Waals surface area contributed by atoms with Crippen LogP contribution in [0, 0.1) is 6.92 Å². The molecule has 1 heterocycles. The number of carbonyl (C=O) groups excluding carboxylic acids is 2. The van der Waals surface area contributed by atoms with Gasteiger partial charge in [-0.2, -0.15) is 4.98 Å². The van der Waals surface area contributed by atoms with E-state index < -0.39 is 0 Å². The number of aryl methyl sites for hydroxylation is 1. The van der Waals surface area contributed by atoms with Crippen LogP contribution < -0.4 is 15.5 Å². The van der Waals surface area contributed by atoms with Crippen LogP contribution in [0.25, 0.3) is 0 Å². The van der Waals surface area contributed by atoms with Crippen molar-refractivity contribution in [3.8, 4) is 0 Å². The van der Waals surface area contributed by atoms with Crippen molar-refractivity contribution in [1.82, 2.24) is 9.97 Å². The molecular formula is C22H23N5O2. The van der Waals surface area contributed by atoms with E-state index in [1.807, 2.05) is 44.1 Å². The van der Waals surface area contributed by atoms with Gasteiger partial charge in [0.25, 0.3) is 5.91 Å². The Morgan fingerprint density at radius 3 is 2.03 bits per heavy atom. The van der Waals surface area contributed by atoms with E-state index in [9.17, 15) is 9.59 Å². The topological polar surface area (TPSA) is 87.2 Å². The first-order chi connectivity index (χ1) is 13.8. The number of amides is 1. The van der Waals surface area contributed by atoms with Crippen molar-refractivity contribution in [3.63, 3.8) is 0 Å². The number of benzene rings is 2. The minimum atomic E-state index is -0.238. The highest BCUT2D eigenvalue weighted by Gasteiger charge is 2.08. The minimum Gasteiger partial charge on any atom is -0.363 e. The van der Waals surface area contributed by atoms with Gasteiger partial charge in [-0.3, -0.25) is 9.59 Å². The van der Waals surface area contributed by atoms with Gasteiger partial charge >= 0.3 is 0 Å². The monoisotopic (exact) mass is 389 g/mol. The van der Waals surface area contributed by atoms with Crippen LogP contribution in [-0.2, 0) is 0 Å². The highest BCUT2D eigenvalue weighted by molar-refractivity contribution is 6.05. The van der Waals surface area contributed by atoms with Crippen molar-refractivity contribution in [2.75, 3.05) is 29.6 Å². The molecule has 0 radical (unpaired) electrons. The van der Waals surface area contributed by atoms with E-state index in [0.29, 0.717) is 22.8 Å². The van der Waals surface area contributed by atoms with Crippen LogP contribution in [0.15, 0.2) is 54.6 Å². The molecular weight excluding hydrogens is 366 g/mol. The largest absolute Gasteiger partial charge is 0.363 e. The summed E-state index contributed by atoms with van der Waals surface area (Å²) in [7, 11) is 3.85. The maximum Gasteiger partial charge on any atom is 0.255 e. The molecule has 3 rings (SSSR count). The highest BCUT2D eigenvalue weighted by atomic mass is 16.1. The van der Waals surface area contributed by atoms with E-state index in [-0.39, 0.29) is 11.7 Å². The summed E-state index contributed by atoms with van der Waals surface area (Å²) in [5.41, 5.74) is 3.40. The standard InChI is InChI=1S/C22H23N5O2/c1-14-13-20(27(3)4)26-22(23-14)25-19-11-9-18(10-12-19)24-21(29)17-7-5-16(6-8-17)15(2)28/h5-13H,1-4H3,(H,24,29)(H,23,25,26). The summed E-state index contributed by atoms with van der Waals surface area (Å²) in [6.45, 7) is 3.41. The van der Waals surface area contributed by atoms with E-state index in [1.54, 1.807) is 36.4 Å². The quantitative estimate of drug-likeness (QED) is 0.619. The molecule has 0 aliphatic heterocycles. The number of rotatable bonds is 6. The summed E-state index contributed by atoms with van der Waals surface area (Å²) in [5, 5.41) is 6.02. The van der Waals surface area contributed by atoms with E-state index in [1.165, 1.54) is 6.92 Å². The number of aromatic nitrogens is 2. The van der Waals surface area contributed by atoms with Gasteiger partial charge in [0.05, 0.1) is 0 Å². The zero-order chi connectivity index (χ0) is 21.0. The lowest BCUT2D eigenvalue weighted by molar-refractivity contribution is 0.101. The predicted molar refractivity (Wildman–Crippen MR) is 115 cm³/mol. The molecule has 0 aliphatic carbocycles. The van der Waals surface area contributed by atoms with Crippen molar-refractivity contribution in [3.05, 3.63) is 71.4 Å². The lowest BCUT2D eigenvalue weighted by Crippen LogP contribution is -2.13. The third-order valence-electron chi connectivity index (χ3n) is 4.25. The molecule has 0 saturated carbocycles. The van der Waals surface area contributed by atoms with Crippen molar-refractivity contribution < 1.29 is 9.59 Å². The summed E-state index contributed by atoms with van der Waals surface area (Å²) >= 11 is 0. The number of nitrogens with zero attached hydrogens (tertiary/aromatic N) is 3. The minimum absolute atomic E-state index is 0.0321. The smallest absolute Gasteiger partial charge is 0.255 e. The molecule has 0 fully saturated rings. The average Bonchev–Trinajstić information content (AvgIpc) is 2.69. The van der Waals surface area contributed by atoms with Crippen LogP contribution in [0.4, 0.5) is 23.1 Å². The van der Waals surface area contributed by atoms with Gasteiger partial charge in [0.1, 0.15) is 5.82 Å². The average molecular weight is 389 g/mol. The molecule has 0 unspecified atom stereocenters. The van der Waals surface area contributed by atoms with Crippen molar-refractivity contribution in [2.45, 2.75) is 13.8 Å². The van der Waals surface area contributed by atoms with Gasteiger partial charge in [0, 0.05) is 48.4 Å². The Balaban J connectivity index is 1.67. The lowest BCUT2D eigenvalue weighted by atomic mass is 10.1. The molecule has 1 aromatic heterocycles. The molecule has 3 aromatic rings. The zero-order valence-electron chi connectivity index (χ0n) is 16.9. The van der Waals surface area contributed by atoms with Gasteiger partial charge in [0.2, 0.25) is 5.95 Å². The van der Waals surface area contributed by atoms with E-state index in [4.69, 9.17) is 0 Å². The third kappa shape index (κ3) is 5.16. The first-order valence-electron chi connectivity index (χ1n) is 9.14. The van der Waals surface area contributed by atoms with Crippen LogP contribution in [0.2, 0.25) is 0 Å². The van der Waals surface area contributed by atoms with Crippen LogP contribution in [0.5, 0.6) is 0 Å². The number of ketones is 1. The van der Waals surface area contributed by atoms with Crippen molar-refractivity contribution in [2.24, 2.45) is 0 Å². The second kappa shape index (κ2) is 8.52. The second-order valence-corrected chi connectivity index (χ2v) is 6.88. The molecule has 0 atom stereocenters. The van der Waals surface area contributed by atoms with Gasteiger partial charge in [-0.15, -0.1) is 0 Å². The van der Waals surface area contributed by atoms with Crippen LogP contribution in [0.3, 0.4) is 0 Å². The summed E-state index contributed by atoms with van der Waals surface area (Å²) in [6.07, 6.45) is 0. The fraction of sp³-hybridized carbons (Fsp3) is 0.182. The maximum atomic E-state index is 12.4. The Kier molecular flexibility index (Phi) is 5.87. The second-order valence-electron chi connectivity index (χ2n) is 6.88. The van der Waals surface area contributed by atoms with Crippen LogP contribution in [-0.4, -0.2) is 35.8 Å². The van der Waals surface area contributed by atoms with Gasteiger partial charge in [-0.05, 0) is 50.2 Å². The fourth-order valence-electron chi connectivity index (χ4n) is 2.66. The summed E-state index contributed by atoms with van der Waals surface area (Å²) in [4.78, 5) is 34.5. The van der Waals surface area contributed by atoms with Crippen molar-refractivity contribution in [1.29, 1.82) is 0 Å². The van der Waals surface area contributed by atoms with Gasteiger partial charge < -0.3 is 15.5 Å². The molecule has 0 aliphatic rings. The Hall–Kier alpha value is -3.74. The molecule has 0 bridgehead atoms. The SMILES string of the molecule is CC(=O)c1ccc(C(=O)Nc2ccc(Nc3nc(C)cc(N(C)C)n3)cc2)cc1. The third-order valence-corrected chi connectivity index (χ3v) is 4.25. The molecule has 0 saturated heterocycles. The van der Waals surface area contributed by atoms with E-state index in [2.05, 4.69) is 20.6 Å². The number of Topliss-reactive ketones (excluding diaryl/α,β-unsaturated/α-hetero) is 1. The maximum absolute atomic E-state index is 12.4. The molecule has 148 valence electrons. The Morgan fingerprint density at radius 1 is 0.862 bits per heavy atom. The first kappa shape index (κ1) is 20.0. The Bertz CT molecular complexity index is 1030. The van der Waals surface area contributed by atoms with E-state index in [0.717, 1.165) is 17.2 Å². The lowest BCUT2D eigenvalue weighted by Gasteiger charge is -2.14. The highest BCUT2D eigenvalue weighted by Crippen LogP contribution is 2.19. The molecule has 2 N–H and O–H groups in total. The summed E-state index contributed by atoms with van der Waals surface area (Å²) in [5.74, 6) is 1.06. The molecule has 7 nitrogen and oxygen atoms in total. The first-order valence-corrected chi connectivity index (χ1v) is 9.14. The summed E-state index contributed by atoms with van der Waals surface area (Å²) < 4.78 is 0. The van der Waals surface area contributed by atoms with Crippen LogP contribution >= 0.6 is 0 Å². The molecule has 7 heteroatoms. The van der Waals surface area contributed by atoms with E-state index >= 15 is 0 Å². The van der Waals surface area contributed by atoms with Gasteiger partial charge in [-0.1, -0.05) is 12.1 Å². The number of anilines is 4. The van der Waals surface area contributed by atoms with Crippen LogP contribution in [0.1, 0.15) is 33.3 Å². The van der Waals surface area contributed by atoms with Crippen molar-refractivity contribution >= 4 is 34.8 Å². The number of nitrogens with one attached hydrogen (secondary N) is 2. The summed E-state index contributed by atoms with van der Waals surface area (Å²) in [6, 6.07) is 15.8. The van der Waals surface area contributed by atoms with Gasteiger partial charge in [0.15, 0.2) is 5.78 Å². The molecule has 29 heavy (non-hydrogen) atoms. The Morgan fingerprint density at radius 2 is 1.45 bits per heavy atom.